The van der Waals surface area contributed by atoms with Crippen molar-refractivity contribution in [2.45, 2.75) is 71.6 Å². The highest BCUT2D eigenvalue weighted by Crippen LogP contribution is 2.22. The molecule has 0 rings (SSSR count). The van der Waals surface area contributed by atoms with E-state index in [2.05, 4.69) is 10.6 Å². The summed E-state index contributed by atoms with van der Waals surface area (Å²) >= 11 is 1.52. The monoisotopic (exact) mass is 474 g/mol. The fourth-order valence-electron chi connectivity index (χ4n) is 3.07. The molecule has 32 heavy (non-hydrogen) atoms. The molecule has 0 saturated carbocycles. The van der Waals surface area contributed by atoms with Crippen LogP contribution in [0, 0.1) is 5.92 Å². The standard InChI is InChI=1S/C22H42N4O5S/c1-10-11-17(27)25(7)13-18(28)26(8)16(12-22(4,5)31-14-32-9)20(29)24-19(15(2)3)21(30)23-6/h15-16,19H,10-14H2,1-9H3,(H,23,30)(H,24,29)/t16-,19-/m0/s1. The first-order valence-electron chi connectivity index (χ1n) is 11.0. The van der Waals surface area contributed by atoms with Crippen LogP contribution >= 0.6 is 11.8 Å². The molecule has 9 nitrogen and oxygen atoms in total. The maximum atomic E-state index is 13.3. The number of thioether (sulfide) groups is 1. The quantitative estimate of drug-likeness (QED) is 0.369. The summed E-state index contributed by atoms with van der Waals surface area (Å²) in [6.45, 7) is 9.16. The Labute approximate surface area is 197 Å². The van der Waals surface area contributed by atoms with Gasteiger partial charge >= 0.3 is 0 Å². The lowest BCUT2D eigenvalue weighted by Gasteiger charge is -2.35. The molecule has 10 heteroatoms. The minimum Gasteiger partial charge on any atom is -0.365 e. The molecule has 0 spiro atoms. The average Bonchev–Trinajstić information content (AvgIpc) is 2.72. The van der Waals surface area contributed by atoms with E-state index in [1.54, 1.807) is 14.1 Å². The summed E-state index contributed by atoms with van der Waals surface area (Å²) in [5.74, 6) is -0.924. The molecule has 0 aromatic heterocycles. The van der Waals surface area contributed by atoms with Gasteiger partial charge in [-0.05, 0) is 32.4 Å². The lowest BCUT2D eigenvalue weighted by atomic mass is 9.95. The number of rotatable bonds is 14. The Morgan fingerprint density at radius 3 is 2.12 bits per heavy atom. The maximum Gasteiger partial charge on any atom is 0.243 e. The second-order valence-electron chi connectivity index (χ2n) is 8.88. The van der Waals surface area contributed by atoms with Crippen molar-refractivity contribution in [3.63, 3.8) is 0 Å². The van der Waals surface area contributed by atoms with Crippen LogP contribution in [0.1, 0.15) is 53.9 Å². The van der Waals surface area contributed by atoms with Crippen molar-refractivity contribution in [1.82, 2.24) is 20.4 Å². The lowest BCUT2D eigenvalue weighted by Crippen LogP contribution is -2.57. The van der Waals surface area contributed by atoms with Crippen molar-refractivity contribution in [2.75, 3.05) is 39.9 Å². The van der Waals surface area contributed by atoms with Gasteiger partial charge in [-0.25, -0.2) is 0 Å². The molecule has 0 saturated heterocycles. The van der Waals surface area contributed by atoms with Crippen LogP contribution in [0.15, 0.2) is 0 Å². The predicted molar refractivity (Wildman–Crippen MR) is 128 cm³/mol. The minimum absolute atomic E-state index is 0.127. The molecule has 0 aliphatic heterocycles. The molecule has 186 valence electrons. The van der Waals surface area contributed by atoms with Crippen molar-refractivity contribution in [3.8, 4) is 0 Å². The Balaban J connectivity index is 5.70. The molecular weight excluding hydrogens is 432 g/mol. The fourth-order valence-corrected chi connectivity index (χ4v) is 3.51. The van der Waals surface area contributed by atoms with Gasteiger partial charge in [0.25, 0.3) is 0 Å². The number of ether oxygens (including phenoxy) is 1. The first-order chi connectivity index (χ1) is 14.8. The molecule has 0 fully saturated rings. The topological polar surface area (TPSA) is 108 Å². The van der Waals surface area contributed by atoms with E-state index in [9.17, 15) is 19.2 Å². The van der Waals surface area contributed by atoms with Crippen LogP contribution in [0.2, 0.25) is 0 Å². The van der Waals surface area contributed by atoms with Crippen LogP contribution < -0.4 is 10.6 Å². The second-order valence-corrected chi connectivity index (χ2v) is 9.69. The molecule has 2 atom stereocenters. The zero-order valence-electron chi connectivity index (χ0n) is 21.1. The van der Waals surface area contributed by atoms with Crippen molar-refractivity contribution in [3.05, 3.63) is 0 Å². The Morgan fingerprint density at radius 2 is 1.66 bits per heavy atom. The van der Waals surface area contributed by atoms with Crippen LogP contribution in [-0.2, 0) is 23.9 Å². The normalized spacial score (nSPS) is 13.3. The Hall–Kier alpha value is -1.81. The smallest absolute Gasteiger partial charge is 0.243 e. The molecule has 0 aromatic carbocycles. The number of hydrogen-bond acceptors (Lipinski definition) is 6. The molecule has 0 radical (unpaired) electrons. The highest BCUT2D eigenvalue weighted by Gasteiger charge is 2.36. The molecule has 0 heterocycles. The summed E-state index contributed by atoms with van der Waals surface area (Å²) < 4.78 is 5.86. The second kappa shape index (κ2) is 14.4. The van der Waals surface area contributed by atoms with Crippen molar-refractivity contribution in [1.29, 1.82) is 0 Å². The van der Waals surface area contributed by atoms with Gasteiger partial charge in [-0.1, -0.05) is 20.8 Å². The SMILES string of the molecule is CCCC(=O)N(C)CC(=O)N(C)[C@@H](CC(C)(C)OCSC)C(=O)N[C@H](C(=O)NC)C(C)C. The maximum absolute atomic E-state index is 13.3. The predicted octanol–water partition coefficient (Wildman–Crippen LogP) is 1.46. The third kappa shape index (κ3) is 10.2. The zero-order valence-corrected chi connectivity index (χ0v) is 21.9. The van der Waals surface area contributed by atoms with Crippen LogP contribution in [-0.4, -0.2) is 91.0 Å². The zero-order chi connectivity index (χ0) is 25.1. The van der Waals surface area contributed by atoms with Gasteiger partial charge in [0.2, 0.25) is 23.6 Å². The van der Waals surface area contributed by atoms with E-state index in [1.165, 1.54) is 28.6 Å². The van der Waals surface area contributed by atoms with Gasteiger partial charge in [0.1, 0.15) is 12.1 Å². The lowest BCUT2D eigenvalue weighted by molar-refractivity contribution is -0.145. The van der Waals surface area contributed by atoms with Crippen LogP contribution in [0.4, 0.5) is 0 Å². The van der Waals surface area contributed by atoms with Gasteiger partial charge in [0.15, 0.2) is 0 Å². The number of amides is 4. The van der Waals surface area contributed by atoms with E-state index in [0.717, 1.165) is 0 Å². The number of hydrogen-bond donors (Lipinski definition) is 2. The highest BCUT2D eigenvalue weighted by molar-refractivity contribution is 7.98. The third-order valence-corrected chi connectivity index (χ3v) is 5.52. The minimum atomic E-state index is -0.875. The van der Waals surface area contributed by atoms with Crippen molar-refractivity contribution in [2.24, 2.45) is 5.92 Å². The van der Waals surface area contributed by atoms with Gasteiger partial charge < -0.3 is 25.2 Å². The van der Waals surface area contributed by atoms with Gasteiger partial charge in [-0.3, -0.25) is 19.2 Å². The number of carbonyl (C=O) groups excluding carboxylic acids is 4. The first-order valence-corrected chi connectivity index (χ1v) is 12.3. The van der Waals surface area contributed by atoms with E-state index in [-0.39, 0.29) is 36.6 Å². The summed E-state index contributed by atoms with van der Waals surface area (Å²) in [7, 11) is 4.63. The summed E-state index contributed by atoms with van der Waals surface area (Å²) in [6.07, 6.45) is 3.19. The average molecular weight is 475 g/mol. The molecule has 4 amide bonds. The van der Waals surface area contributed by atoms with Crippen LogP contribution in [0.5, 0.6) is 0 Å². The van der Waals surface area contributed by atoms with Crippen LogP contribution in [0.3, 0.4) is 0 Å². The molecular formula is C22H42N4O5S. The summed E-state index contributed by atoms with van der Waals surface area (Å²) in [5, 5.41) is 5.36. The Bertz CT molecular complexity index is 642. The van der Waals surface area contributed by atoms with Crippen molar-refractivity contribution >= 4 is 35.4 Å². The molecule has 0 bridgehead atoms. The van der Waals surface area contributed by atoms with Gasteiger partial charge in [0, 0.05) is 34.0 Å². The van der Waals surface area contributed by atoms with Gasteiger partial charge in [-0.15, -0.1) is 11.8 Å². The molecule has 0 aliphatic carbocycles. The number of carbonyl (C=O) groups is 4. The Morgan fingerprint density at radius 1 is 1.06 bits per heavy atom. The molecule has 2 N–H and O–H groups in total. The number of nitrogens with one attached hydrogen (secondary N) is 2. The number of nitrogens with zero attached hydrogens (tertiary/aromatic N) is 2. The van der Waals surface area contributed by atoms with Gasteiger partial charge in [-0.2, -0.15) is 0 Å². The van der Waals surface area contributed by atoms with E-state index >= 15 is 0 Å². The van der Waals surface area contributed by atoms with E-state index in [0.29, 0.717) is 18.8 Å². The largest absolute Gasteiger partial charge is 0.365 e. The summed E-state index contributed by atoms with van der Waals surface area (Å²) in [4.78, 5) is 53.3. The Kier molecular flexibility index (Phi) is 13.5. The first kappa shape index (κ1) is 30.2. The molecule has 0 aromatic rings. The third-order valence-electron chi connectivity index (χ3n) is 5.17. The highest BCUT2D eigenvalue weighted by atomic mass is 32.2. The van der Waals surface area contributed by atoms with E-state index in [1.807, 2.05) is 40.9 Å². The molecule has 0 unspecified atom stereocenters. The van der Waals surface area contributed by atoms with E-state index in [4.69, 9.17) is 4.74 Å². The van der Waals surface area contributed by atoms with Crippen LogP contribution in [0.25, 0.3) is 0 Å². The van der Waals surface area contributed by atoms with Crippen molar-refractivity contribution < 1.29 is 23.9 Å². The summed E-state index contributed by atoms with van der Waals surface area (Å²) in [5.41, 5.74) is -0.691. The van der Waals surface area contributed by atoms with Gasteiger partial charge in [0.05, 0.1) is 18.1 Å². The van der Waals surface area contributed by atoms with E-state index < -0.39 is 23.6 Å². The fraction of sp³-hybridized carbons (Fsp3) is 0.818. The molecule has 0 aliphatic rings. The number of likely N-dealkylation sites (N-methyl/N-ethyl adjacent to an activating group) is 3. The summed E-state index contributed by atoms with van der Waals surface area (Å²) in [6, 6.07) is -1.61.